The molecule has 0 radical (unpaired) electrons. The van der Waals surface area contributed by atoms with Crippen molar-refractivity contribution in [2.45, 2.75) is 31.2 Å². The zero-order valence-corrected chi connectivity index (χ0v) is 12.7. The number of halogens is 1. The molecule has 102 valence electrons. The molecule has 1 N–H and O–H groups in total. The first-order valence-corrected chi connectivity index (χ1v) is 7.70. The van der Waals surface area contributed by atoms with Crippen LogP contribution in [0.5, 0.6) is 0 Å². The summed E-state index contributed by atoms with van der Waals surface area (Å²) < 4.78 is 1.05. The van der Waals surface area contributed by atoms with Crippen LogP contribution >= 0.6 is 15.9 Å². The maximum atomic E-state index is 12.8. The SMILES string of the molecule is CC1CN(C(=O)C2(c3cccc(Br)c3)CC2)CCN1. The lowest BCUT2D eigenvalue weighted by atomic mass is 9.94. The van der Waals surface area contributed by atoms with Crippen LogP contribution in [0.2, 0.25) is 0 Å². The van der Waals surface area contributed by atoms with Crippen LogP contribution in [0, 0.1) is 0 Å². The van der Waals surface area contributed by atoms with Gasteiger partial charge in [-0.2, -0.15) is 0 Å². The molecule has 19 heavy (non-hydrogen) atoms. The first kappa shape index (κ1) is 13.1. The topological polar surface area (TPSA) is 32.3 Å². The van der Waals surface area contributed by atoms with Crippen molar-refractivity contribution < 1.29 is 4.79 Å². The number of amides is 1. The number of nitrogens with one attached hydrogen (secondary N) is 1. The van der Waals surface area contributed by atoms with Crippen molar-refractivity contribution in [3.8, 4) is 0 Å². The first-order valence-electron chi connectivity index (χ1n) is 6.91. The maximum absolute atomic E-state index is 12.8. The van der Waals surface area contributed by atoms with E-state index in [1.54, 1.807) is 0 Å². The van der Waals surface area contributed by atoms with Gasteiger partial charge in [0.25, 0.3) is 0 Å². The van der Waals surface area contributed by atoms with E-state index in [-0.39, 0.29) is 5.41 Å². The molecule has 1 atom stereocenters. The van der Waals surface area contributed by atoms with Crippen LogP contribution < -0.4 is 5.32 Å². The summed E-state index contributed by atoms with van der Waals surface area (Å²) in [6, 6.07) is 8.61. The number of hydrogen-bond acceptors (Lipinski definition) is 2. The molecule has 2 aliphatic rings. The molecule has 1 aromatic carbocycles. The Hall–Kier alpha value is -0.870. The van der Waals surface area contributed by atoms with E-state index in [1.807, 2.05) is 17.0 Å². The van der Waals surface area contributed by atoms with Gasteiger partial charge in [-0.15, -0.1) is 0 Å². The van der Waals surface area contributed by atoms with Gasteiger partial charge in [-0.3, -0.25) is 4.79 Å². The molecule has 1 amide bonds. The highest BCUT2D eigenvalue weighted by molar-refractivity contribution is 9.10. The second-order valence-electron chi connectivity index (χ2n) is 5.70. The molecule has 3 rings (SSSR count). The average molecular weight is 323 g/mol. The molecular weight excluding hydrogens is 304 g/mol. The van der Waals surface area contributed by atoms with Gasteiger partial charge in [-0.25, -0.2) is 0 Å². The quantitative estimate of drug-likeness (QED) is 0.906. The average Bonchev–Trinajstić information content (AvgIpc) is 3.19. The molecule has 1 aliphatic carbocycles. The van der Waals surface area contributed by atoms with E-state index in [9.17, 15) is 4.79 Å². The van der Waals surface area contributed by atoms with Gasteiger partial charge >= 0.3 is 0 Å². The Bertz CT molecular complexity index is 499. The Morgan fingerprint density at radius 1 is 1.47 bits per heavy atom. The molecule has 1 aromatic rings. The van der Waals surface area contributed by atoms with Crippen molar-refractivity contribution in [3.63, 3.8) is 0 Å². The summed E-state index contributed by atoms with van der Waals surface area (Å²) in [7, 11) is 0. The van der Waals surface area contributed by atoms with Crippen molar-refractivity contribution >= 4 is 21.8 Å². The van der Waals surface area contributed by atoms with Crippen molar-refractivity contribution in [1.82, 2.24) is 10.2 Å². The Morgan fingerprint density at radius 2 is 2.26 bits per heavy atom. The van der Waals surface area contributed by atoms with Crippen LogP contribution in [-0.2, 0) is 10.2 Å². The van der Waals surface area contributed by atoms with E-state index in [2.05, 4.69) is 40.3 Å². The number of piperazine rings is 1. The highest BCUT2D eigenvalue weighted by Crippen LogP contribution is 2.50. The summed E-state index contributed by atoms with van der Waals surface area (Å²) in [5.74, 6) is 0.318. The van der Waals surface area contributed by atoms with E-state index < -0.39 is 0 Å². The van der Waals surface area contributed by atoms with E-state index >= 15 is 0 Å². The molecule has 1 heterocycles. The van der Waals surface area contributed by atoms with E-state index in [0.29, 0.717) is 11.9 Å². The Labute approximate surface area is 122 Å². The van der Waals surface area contributed by atoms with Crippen LogP contribution in [0.25, 0.3) is 0 Å². The van der Waals surface area contributed by atoms with Gasteiger partial charge in [0.1, 0.15) is 0 Å². The van der Waals surface area contributed by atoms with Gasteiger partial charge in [0.2, 0.25) is 5.91 Å². The van der Waals surface area contributed by atoms with Gasteiger partial charge < -0.3 is 10.2 Å². The Kier molecular flexibility index (Phi) is 3.39. The number of carbonyl (C=O) groups is 1. The lowest BCUT2D eigenvalue weighted by molar-refractivity contribution is -0.135. The fraction of sp³-hybridized carbons (Fsp3) is 0.533. The van der Waals surface area contributed by atoms with Gasteiger partial charge in [0.05, 0.1) is 5.41 Å². The fourth-order valence-corrected chi connectivity index (χ4v) is 3.36. The minimum Gasteiger partial charge on any atom is -0.339 e. The molecule has 0 spiro atoms. The number of carbonyl (C=O) groups excluding carboxylic acids is 1. The van der Waals surface area contributed by atoms with Crippen LogP contribution in [0.1, 0.15) is 25.3 Å². The monoisotopic (exact) mass is 322 g/mol. The van der Waals surface area contributed by atoms with E-state index in [4.69, 9.17) is 0 Å². The number of rotatable bonds is 2. The van der Waals surface area contributed by atoms with E-state index in [1.165, 1.54) is 0 Å². The molecule has 1 aliphatic heterocycles. The summed E-state index contributed by atoms with van der Waals surface area (Å²) in [6.45, 7) is 4.70. The third-order valence-corrected chi connectivity index (χ3v) is 4.69. The second-order valence-corrected chi connectivity index (χ2v) is 6.61. The summed E-state index contributed by atoms with van der Waals surface area (Å²) in [4.78, 5) is 14.9. The zero-order chi connectivity index (χ0) is 13.5. The largest absolute Gasteiger partial charge is 0.339 e. The predicted octanol–water partition coefficient (Wildman–Crippen LogP) is 2.30. The van der Waals surface area contributed by atoms with Crippen LogP contribution in [0.15, 0.2) is 28.7 Å². The van der Waals surface area contributed by atoms with Gasteiger partial charge in [-0.1, -0.05) is 28.1 Å². The van der Waals surface area contributed by atoms with E-state index in [0.717, 1.165) is 42.5 Å². The summed E-state index contributed by atoms with van der Waals surface area (Å²) >= 11 is 3.50. The second kappa shape index (κ2) is 4.91. The van der Waals surface area contributed by atoms with Crippen molar-refractivity contribution in [3.05, 3.63) is 34.3 Å². The molecule has 1 saturated carbocycles. The van der Waals surface area contributed by atoms with Crippen molar-refractivity contribution in [2.75, 3.05) is 19.6 Å². The molecule has 0 aromatic heterocycles. The third-order valence-electron chi connectivity index (χ3n) is 4.19. The molecule has 0 bridgehead atoms. The third kappa shape index (κ3) is 2.43. The molecule has 2 fully saturated rings. The summed E-state index contributed by atoms with van der Waals surface area (Å²) in [5, 5.41) is 3.39. The minimum absolute atomic E-state index is 0.235. The highest BCUT2D eigenvalue weighted by Gasteiger charge is 2.53. The van der Waals surface area contributed by atoms with Crippen molar-refractivity contribution in [2.24, 2.45) is 0 Å². The minimum atomic E-state index is -0.235. The maximum Gasteiger partial charge on any atom is 0.233 e. The van der Waals surface area contributed by atoms with Gasteiger partial charge in [0, 0.05) is 30.1 Å². The highest BCUT2D eigenvalue weighted by atomic mass is 79.9. The molecular formula is C15H19BrN2O. The molecule has 4 heteroatoms. The number of benzene rings is 1. The lowest BCUT2D eigenvalue weighted by Gasteiger charge is -2.34. The molecule has 3 nitrogen and oxygen atoms in total. The molecule has 1 saturated heterocycles. The van der Waals surface area contributed by atoms with Crippen LogP contribution in [-0.4, -0.2) is 36.5 Å². The predicted molar refractivity (Wildman–Crippen MR) is 79.1 cm³/mol. The number of hydrogen-bond donors (Lipinski definition) is 1. The van der Waals surface area contributed by atoms with Gasteiger partial charge in [-0.05, 0) is 37.5 Å². The Morgan fingerprint density at radius 3 is 2.89 bits per heavy atom. The first-order chi connectivity index (χ1) is 9.12. The zero-order valence-electron chi connectivity index (χ0n) is 11.2. The lowest BCUT2D eigenvalue weighted by Crippen LogP contribution is -2.53. The summed E-state index contributed by atoms with van der Waals surface area (Å²) in [5.41, 5.74) is 0.930. The summed E-state index contributed by atoms with van der Waals surface area (Å²) in [6.07, 6.45) is 1.97. The molecule has 1 unspecified atom stereocenters. The smallest absolute Gasteiger partial charge is 0.233 e. The normalized spacial score (nSPS) is 25.2. The standard InChI is InChI=1S/C15H19BrN2O/c1-11-10-18(8-7-17-11)14(19)15(5-6-15)12-3-2-4-13(16)9-12/h2-4,9,11,17H,5-8,10H2,1H3. The van der Waals surface area contributed by atoms with Crippen LogP contribution in [0.4, 0.5) is 0 Å². The Balaban J connectivity index is 1.82. The van der Waals surface area contributed by atoms with Crippen molar-refractivity contribution in [1.29, 1.82) is 0 Å². The number of nitrogens with zero attached hydrogens (tertiary/aromatic N) is 1. The van der Waals surface area contributed by atoms with Crippen LogP contribution in [0.3, 0.4) is 0 Å². The van der Waals surface area contributed by atoms with Gasteiger partial charge in [0.15, 0.2) is 0 Å². The fourth-order valence-electron chi connectivity index (χ4n) is 2.96.